The topological polar surface area (TPSA) is 88.4 Å². The fourth-order valence-electron chi connectivity index (χ4n) is 4.30. The molecule has 1 fully saturated rings. The first-order chi connectivity index (χ1) is 16.0. The third-order valence-corrected chi connectivity index (χ3v) is 6.95. The van der Waals surface area contributed by atoms with Gasteiger partial charge in [-0.25, -0.2) is 4.39 Å². The van der Waals surface area contributed by atoms with Gasteiger partial charge in [0.25, 0.3) is 11.8 Å². The number of nitrogens with one attached hydrogen (secondary N) is 1. The van der Waals surface area contributed by atoms with Crippen LogP contribution in [0.3, 0.4) is 0 Å². The lowest BCUT2D eigenvalue weighted by molar-refractivity contribution is 0.0772. The SMILES string of the molecule is COc1ccc(-c2cc(C(N)=O)c3[nH]c4cc(C(=O)N5CCSCC5)ccc4c3c2)cc1F. The van der Waals surface area contributed by atoms with Gasteiger partial charge in [-0.2, -0.15) is 11.8 Å². The molecule has 1 aliphatic heterocycles. The van der Waals surface area contributed by atoms with E-state index in [9.17, 15) is 14.0 Å². The molecule has 0 saturated carbocycles. The number of carbonyl (C=O) groups excluding carboxylic acids is 2. The quantitative estimate of drug-likeness (QED) is 0.469. The number of hydrogen-bond donors (Lipinski definition) is 2. The number of nitrogens with two attached hydrogens (primary N) is 1. The van der Waals surface area contributed by atoms with E-state index >= 15 is 0 Å². The number of nitrogens with zero attached hydrogens (tertiary/aromatic N) is 1. The van der Waals surface area contributed by atoms with Gasteiger partial charge in [-0.15, -0.1) is 0 Å². The molecule has 0 radical (unpaired) electrons. The number of ether oxygens (including phenoxy) is 1. The Labute approximate surface area is 193 Å². The number of H-pyrrole nitrogens is 1. The van der Waals surface area contributed by atoms with Crippen LogP contribution in [0, 0.1) is 5.82 Å². The molecule has 3 aromatic carbocycles. The van der Waals surface area contributed by atoms with Gasteiger partial charge in [-0.05, 0) is 47.5 Å². The smallest absolute Gasteiger partial charge is 0.253 e. The summed E-state index contributed by atoms with van der Waals surface area (Å²) in [5.41, 5.74) is 9.17. The molecular formula is C25H22FN3O3S. The maximum atomic E-state index is 14.3. The lowest BCUT2D eigenvalue weighted by Crippen LogP contribution is -2.37. The third-order valence-electron chi connectivity index (χ3n) is 6.00. The number of aromatic nitrogens is 1. The van der Waals surface area contributed by atoms with Crippen LogP contribution in [0.2, 0.25) is 0 Å². The van der Waals surface area contributed by atoms with Crippen molar-refractivity contribution in [2.45, 2.75) is 0 Å². The molecule has 2 amide bonds. The van der Waals surface area contributed by atoms with E-state index in [0.717, 1.165) is 40.9 Å². The Hall–Kier alpha value is -3.52. The number of methoxy groups -OCH3 is 1. The lowest BCUT2D eigenvalue weighted by Gasteiger charge is -2.26. The number of carbonyl (C=O) groups is 2. The van der Waals surface area contributed by atoms with E-state index in [2.05, 4.69) is 4.98 Å². The molecule has 1 aromatic heterocycles. The Morgan fingerprint density at radius 1 is 1.03 bits per heavy atom. The van der Waals surface area contributed by atoms with Gasteiger partial charge in [0.05, 0.1) is 18.2 Å². The minimum absolute atomic E-state index is 0.000350. The summed E-state index contributed by atoms with van der Waals surface area (Å²) in [4.78, 5) is 30.3. The molecule has 1 saturated heterocycles. The Morgan fingerprint density at radius 3 is 2.52 bits per heavy atom. The zero-order valence-electron chi connectivity index (χ0n) is 18.0. The van der Waals surface area contributed by atoms with Gasteiger partial charge in [-0.3, -0.25) is 9.59 Å². The predicted octanol–water partition coefficient (Wildman–Crippen LogP) is 4.42. The van der Waals surface area contributed by atoms with Crippen molar-refractivity contribution >= 4 is 45.4 Å². The summed E-state index contributed by atoms with van der Waals surface area (Å²) >= 11 is 1.85. The van der Waals surface area contributed by atoms with Crippen molar-refractivity contribution in [1.29, 1.82) is 0 Å². The minimum Gasteiger partial charge on any atom is -0.494 e. The first-order valence-electron chi connectivity index (χ1n) is 10.6. The number of hydrogen-bond acceptors (Lipinski definition) is 4. The molecule has 2 heterocycles. The number of rotatable bonds is 4. The van der Waals surface area contributed by atoms with Crippen molar-refractivity contribution in [1.82, 2.24) is 9.88 Å². The molecule has 5 rings (SSSR count). The molecule has 0 atom stereocenters. The Bertz CT molecular complexity index is 1410. The first-order valence-corrected chi connectivity index (χ1v) is 11.7. The third kappa shape index (κ3) is 3.80. The summed E-state index contributed by atoms with van der Waals surface area (Å²) in [6.45, 7) is 1.48. The molecule has 0 unspecified atom stereocenters. The van der Waals surface area contributed by atoms with Crippen molar-refractivity contribution < 1.29 is 18.7 Å². The van der Waals surface area contributed by atoms with Crippen LogP contribution in [-0.4, -0.2) is 53.4 Å². The molecule has 0 spiro atoms. The maximum absolute atomic E-state index is 14.3. The highest BCUT2D eigenvalue weighted by molar-refractivity contribution is 7.99. The molecule has 168 valence electrons. The minimum atomic E-state index is -0.593. The lowest BCUT2D eigenvalue weighted by atomic mass is 9.98. The van der Waals surface area contributed by atoms with Crippen molar-refractivity contribution in [3.05, 3.63) is 65.5 Å². The average molecular weight is 464 g/mol. The summed E-state index contributed by atoms with van der Waals surface area (Å²) in [6, 6.07) is 13.7. The second-order valence-electron chi connectivity index (χ2n) is 7.95. The van der Waals surface area contributed by atoms with E-state index in [4.69, 9.17) is 10.5 Å². The second-order valence-corrected chi connectivity index (χ2v) is 9.17. The Kier molecular flexibility index (Phi) is 5.46. The van der Waals surface area contributed by atoms with Crippen molar-refractivity contribution in [3.8, 4) is 16.9 Å². The van der Waals surface area contributed by atoms with Crippen LogP contribution in [0.4, 0.5) is 4.39 Å². The summed E-state index contributed by atoms with van der Waals surface area (Å²) in [5.74, 6) is 0.944. The van der Waals surface area contributed by atoms with Crippen molar-refractivity contribution in [2.24, 2.45) is 5.73 Å². The zero-order chi connectivity index (χ0) is 23.1. The van der Waals surface area contributed by atoms with Crippen molar-refractivity contribution in [2.75, 3.05) is 31.7 Å². The summed E-state index contributed by atoms with van der Waals surface area (Å²) in [5, 5.41) is 1.63. The van der Waals surface area contributed by atoms with Gasteiger partial charge in [-0.1, -0.05) is 12.1 Å². The monoisotopic (exact) mass is 463 g/mol. The van der Waals surface area contributed by atoms with Gasteiger partial charge in [0.1, 0.15) is 0 Å². The fraction of sp³-hybridized carbons (Fsp3) is 0.200. The van der Waals surface area contributed by atoms with Crippen LogP contribution in [0.25, 0.3) is 32.9 Å². The molecule has 6 nitrogen and oxygen atoms in total. The molecule has 4 aromatic rings. The highest BCUT2D eigenvalue weighted by Gasteiger charge is 2.20. The van der Waals surface area contributed by atoms with Gasteiger partial charge in [0.15, 0.2) is 11.6 Å². The normalized spacial score (nSPS) is 14.1. The van der Waals surface area contributed by atoms with Gasteiger partial charge in [0, 0.05) is 46.4 Å². The number of aromatic amines is 1. The summed E-state index contributed by atoms with van der Waals surface area (Å²) in [6.07, 6.45) is 0. The van der Waals surface area contributed by atoms with Gasteiger partial charge >= 0.3 is 0 Å². The first kappa shape index (κ1) is 21.3. The van der Waals surface area contributed by atoms with E-state index in [1.807, 2.05) is 40.9 Å². The zero-order valence-corrected chi connectivity index (χ0v) is 18.8. The number of benzene rings is 3. The largest absolute Gasteiger partial charge is 0.494 e. The van der Waals surface area contributed by atoms with Crippen LogP contribution < -0.4 is 10.5 Å². The van der Waals surface area contributed by atoms with Crippen LogP contribution in [0.1, 0.15) is 20.7 Å². The molecule has 1 aliphatic rings. The summed E-state index contributed by atoms with van der Waals surface area (Å²) in [7, 11) is 1.41. The fourth-order valence-corrected chi connectivity index (χ4v) is 5.20. The molecule has 0 aliphatic carbocycles. The number of primary amides is 1. The molecule has 0 bridgehead atoms. The highest BCUT2D eigenvalue weighted by Crippen LogP contribution is 2.34. The predicted molar refractivity (Wildman–Crippen MR) is 129 cm³/mol. The highest BCUT2D eigenvalue weighted by atomic mass is 32.2. The Balaban J connectivity index is 1.64. The Morgan fingerprint density at radius 2 is 1.82 bits per heavy atom. The van der Waals surface area contributed by atoms with E-state index < -0.39 is 11.7 Å². The number of halogens is 1. The van der Waals surface area contributed by atoms with Gasteiger partial charge in [0.2, 0.25) is 0 Å². The van der Waals surface area contributed by atoms with E-state index in [0.29, 0.717) is 27.8 Å². The molecule has 3 N–H and O–H groups in total. The van der Waals surface area contributed by atoms with Crippen LogP contribution >= 0.6 is 11.8 Å². The maximum Gasteiger partial charge on any atom is 0.253 e. The molecule has 33 heavy (non-hydrogen) atoms. The standard InChI is InChI=1S/C25H22FN3O3S/c1-32-22-5-3-14(12-20(22)26)16-10-18-17-4-2-15(25(31)29-6-8-33-9-7-29)13-21(17)28-23(18)19(11-16)24(27)30/h2-5,10-13,28H,6-9H2,1H3,(H2,27,30). The van der Waals surface area contributed by atoms with Gasteiger partial charge < -0.3 is 20.4 Å². The summed E-state index contributed by atoms with van der Waals surface area (Å²) < 4.78 is 19.3. The molecule has 8 heteroatoms. The second kappa shape index (κ2) is 8.44. The van der Waals surface area contributed by atoms with E-state index in [-0.39, 0.29) is 11.7 Å². The number of thioether (sulfide) groups is 1. The number of fused-ring (bicyclic) bond motifs is 3. The van der Waals surface area contributed by atoms with Crippen LogP contribution in [0.5, 0.6) is 5.75 Å². The van der Waals surface area contributed by atoms with Crippen LogP contribution in [0.15, 0.2) is 48.5 Å². The van der Waals surface area contributed by atoms with E-state index in [1.165, 1.54) is 13.2 Å². The van der Waals surface area contributed by atoms with Crippen molar-refractivity contribution in [3.63, 3.8) is 0 Å². The number of amides is 2. The molecular weight excluding hydrogens is 441 g/mol. The van der Waals surface area contributed by atoms with Crippen LogP contribution in [-0.2, 0) is 0 Å². The average Bonchev–Trinajstić information content (AvgIpc) is 3.21. The van der Waals surface area contributed by atoms with E-state index in [1.54, 1.807) is 18.2 Å².